The molecule has 0 saturated heterocycles. The fourth-order valence-electron chi connectivity index (χ4n) is 2.65. The molecule has 1 atom stereocenters. The summed E-state index contributed by atoms with van der Waals surface area (Å²) in [7, 11) is 0. The van der Waals surface area contributed by atoms with E-state index < -0.39 is 0 Å². The highest BCUT2D eigenvalue weighted by molar-refractivity contribution is 6.30. The average Bonchev–Trinajstić information content (AvgIpc) is 2.67. The molecule has 1 heterocycles. The SMILES string of the molecule is CCc1cc(Nc2ccc(C(C)CO)cc2)nc(-c2cccc(Cl)c2)n1. The summed E-state index contributed by atoms with van der Waals surface area (Å²) in [6.07, 6.45) is 0.817. The van der Waals surface area contributed by atoms with E-state index in [-0.39, 0.29) is 12.5 Å². The monoisotopic (exact) mass is 367 g/mol. The molecule has 0 radical (unpaired) electrons. The van der Waals surface area contributed by atoms with Crippen molar-refractivity contribution in [1.82, 2.24) is 9.97 Å². The summed E-state index contributed by atoms with van der Waals surface area (Å²) in [5.74, 6) is 1.53. The Kier molecular flexibility index (Phi) is 5.86. The highest BCUT2D eigenvalue weighted by Crippen LogP contribution is 2.24. The Balaban J connectivity index is 1.89. The summed E-state index contributed by atoms with van der Waals surface area (Å²) in [4.78, 5) is 9.26. The van der Waals surface area contributed by atoms with Gasteiger partial charge in [-0.3, -0.25) is 0 Å². The van der Waals surface area contributed by atoms with Crippen LogP contribution in [-0.2, 0) is 6.42 Å². The quantitative estimate of drug-likeness (QED) is 0.628. The lowest BCUT2D eigenvalue weighted by Crippen LogP contribution is -2.02. The Morgan fingerprint density at radius 3 is 2.50 bits per heavy atom. The lowest BCUT2D eigenvalue weighted by molar-refractivity contribution is 0.273. The van der Waals surface area contributed by atoms with Crippen LogP contribution in [0.25, 0.3) is 11.4 Å². The van der Waals surface area contributed by atoms with Gasteiger partial charge in [0.1, 0.15) is 5.82 Å². The fourth-order valence-corrected chi connectivity index (χ4v) is 2.84. The van der Waals surface area contributed by atoms with Crippen molar-refractivity contribution in [3.63, 3.8) is 0 Å². The van der Waals surface area contributed by atoms with E-state index in [0.29, 0.717) is 10.8 Å². The van der Waals surface area contributed by atoms with Gasteiger partial charge in [-0.2, -0.15) is 0 Å². The first kappa shape index (κ1) is 18.4. The van der Waals surface area contributed by atoms with Crippen LogP contribution in [0.15, 0.2) is 54.6 Å². The second kappa shape index (κ2) is 8.30. The van der Waals surface area contributed by atoms with Crippen LogP contribution in [-0.4, -0.2) is 21.7 Å². The predicted octanol–water partition coefficient (Wildman–Crippen LogP) is 5.20. The Morgan fingerprint density at radius 2 is 1.85 bits per heavy atom. The van der Waals surface area contributed by atoms with Gasteiger partial charge in [0, 0.05) is 40.6 Å². The highest BCUT2D eigenvalue weighted by atomic mass is 35.5. The third kappa shape index (κ3) is 4.40. The summed E-state index contributed by atoms with van der Waals surface area (Å²) >= 11 is 6.10. The maximum atomic E-state index is 9.27. The number of nitrogens with zero attached hydrogens (tertiary/aromatic N) is 2. The number of aliphatic hydroxyl groups is 1. The van der Waals surface area contributed by atoms with Gasteiger partial charge in [0.05, 0.1) is 0 Å². The molecule has 0 bridgehead atoms. The minimum atomic E-state index is 0.129. The zero-order valence-electron chi connectivity index (χ0n) is 14.9. The van der Waals surface area contributed by atoms with Gasteiger partial charge in [-0.05, 0) is 36.2 Å². The van der Waals surface area contributed by atoms with Gasteiger partial charge in [-0.1, -0.05) is 49.7 Å². The largest absolute Gasteiger partial charge is 0.396 e. The van der Waals surface area contributed by atoms with E-state index >= 15 is 0 Å². The van der Waals surface area contributed by atoms with Crippen LogP contribution in [0.3, 0.4) is 0 Å². The lowest BCUT2D eigenvalue weighted by Gasteiger charge is -2.12. The Bertz CT molecular complexity index is 881. The van der Waals surface area contributed by atoms with E-state index in [1.165, 1.54) is 0 Å². The molecular weight excluding hydrogens is 346 g/mol. The number of anilines is 2. The van der Waals surface area contributed by atoms with Crippen LogP contribution in [0, 0.1) is 0 Å². The van der Waals surface area contributed by atoms with E-state index in [2.05, 4.69) is 22.2 Å². The fraction of sp³-hybridized carbons (Fsp3) is 0.238. The van der Waals surface area contributed by atoms with Crippen molar-refractivity contribution in [2.75, 3.05) is 11.9 Å². The minimum absolute atomic E-state index is 0.129. The Hall–Kier alpha value is -2.43. The summed E-state index contributed by atoms with van der Waals surface area (Å²) < 4.78 is 0. The molecule has 3 aromatic rings. The van der Waals surface area contributed by atoms with Crippen molar-refractivity contribution in [2.45, 2.75) is 26.2 Å². The van der Waals surface area contributed by atoms with Gasteiger partial charge in [-0.15, -0.1) is 0 Å². The minimum Gasteiger partial charge on any atom is -0.396 e. The van der Waals surface area contributed by atoms with Crippen molar-refractivity contribution >= 4 is 23.1 Å². The van der Waals surface area contributed by atoms with Crippen molar-refractivity contribution < 1.29 is 5.11 Å². The van der Waals surface area contributed by atoms with Crippen molar-refractivity contribution in [3.8, 4) is 11.4 Å². The lowest BCUT2D eigenvalue weighted by atomic mass is 10.0. The van der Waals surface area contributed by atoms with Gasteiger partial charge in [-0.25, -0.2) is 9.97 Å². The number of aryl methyl sites for hydroxylation is 1. The molecule has 3 rings (SSSR count). The van der Waals surface area contributed by atoms with E-state index in [4.69, 9.17) is 11.6 Å². The molecule has 1 aromatic heterocycles. The van der Waals surface area contributed by atoms with Crippen LogP contribution in [0.4, 0.5) is 11.5 Å². The summed E-state index contributed by atoms with van der Waals surface area (Å²) in [6.45, 7) is 4.21. The van der Waals surface area contributed by atoms with Gasteiger partial charge >= 0.3 is 0 Å². The summed E-state index contributed by atoms with van der Waals surface area (Å²) in [5, 5.41) is 13.3. The third-order valence-corrected chi connectivity index (χ3v) is 4.49. The van der Waals surface area contributed by atoms with E-state index in [0.717, 1.165) is 34.7 Å². The topological polar surface area (TPSA) is 58.0 Å². The maximum absolute atomic E-state index is 9.27. The molecule has 0 aliphatic heterocycles. The van der Waals surface area contributed by atoms with Crippen molar-refractivity contribution in [3.05, 3.63) is 70.9 Å². The standard InChI is InChI=1S/C21H22ClN3O/c1-3-18-12-20(23-19-9-7-15(8-10-19)14(2)13-26)25-21(24-18)16-5-4-6-17(22)11-16/h4-12,14,26H,3,13H2,1-2H3,(H,23,24,25). The molecule has 2 N–H and O–H groups in total. The zero-order chi connectivity index (χ0) is 18.5. The smallest absolute Gasteiger partial charge is 0.161 e. The molecule has 0 spiro atoms. The van der Waals surface area contributed by atoms with Crippen molar-refractivity contribution in [1.29, 1.82) is 0 Å². The molecule has 0 fully saturated rings. The first-order chi connectivity index (χ1) is 12.6. The summed E-state index contributed by atoms with van der Waals surface area (Å²) in [5.41, 5.74) is 3.90. The van der Waals surface area contributed by atoms with E-state index in [9.17, 15) is 5.11 Å². The molecule has 0 aliphatic rings. The van der Waals surface area contributed by atoms with Gasteiger partial charge in [0.25, 0.3) is 0 Å². The zero-order valence-corrected chi connectivity index (χ0v) is 15.7. The average molecular weight is 368 g/mol. The van der Waals surface area contributed by atoms with Crippen LogP contribution in [0.1, 0.15) is 31.0 Å². The molecule has 5 heteroatoms. The van der Waals surface area contributed by atoms with Crippen molar-refractivity contribution in [2.24, 2.45) is 0 Å². The molecule has 4 nitrogen and oxygen atoms in total. The van der Waals surface area contributed by atoms with Crippen LogP contribution < -0.4 is 5.32 Å². The number of hydrogen-bond acceptors (Lipinski definition) is 4. The second-order valence-corrected chi connectivity index (χ2v) is 6.70. The first-order valence-corrected chi connectivity index (χ1v) is 9.08. The number of rotatable bonds is 6. The number of aliphatic hydroxyl groups excluding tert-OH is 1. The van der Waals surface area contributed by atoms with Gasteiger partial charge < -0.3 is 10.4 Å². The van der Waals surface area contributed by atoms with E-state index in [1.807, 2.05) is 61.5 Å². The first-order valence-electron chi connectivity index (χ1n) is 8.70. The summed E-state index contributed by atoms with van der Waals surface area (Å²) in [6, 6.07) is 17.5. The number of benzene rings is 2. The normalized spacial score (nSPS) is 12.0. The second-order valence-electron chi connectivity index (χ2n) is 6.26. The Morgan fingerprint density at radius 1 is 1.08 bits per heavy atom. The molecule has 134 valence electrons. The molecule has 0 aliphatic carbocycles. The predicted molar refractivity (Wildman–Crippen MR) is 107 cm³/mol. The Labute approximate surface area is 158 Å². The highest BCUT2D eigenvalue weighted by Gasteiger charge is 2.08. The molecular formula is C21H22ClN3O. The van der Waals surface area contributed by atoms with Crippen LogP contribution in [0.2, 0.25) is 5.02 Å². The van der Waals surface area contributed by atoms with Gasteiger partial charge in [0.2, 0.25) is 0 Å². The number of nitrogens with one attached hydrogen (secondary N) is 1. The number of aromatic nitrogens is 2. The molecule has 26 heavy (non-hydrogen) atoms. The van der Waals surface area contributed by atoms with Gasteiger partial charge in [0.15, 0.2) is 5.82 Å². The number of hydrogen-bond donors (Lipinski definition) is 2. The van der Waals surface area contributed by atoms with Crippen LogP contribution >= 0.6 is 11.6 Å². The molecule has 2 aromatic carbocycles. The molecule has 1 unspecified atom stereocenters. The molecule has 0 saturated carbocycles. The van der Waals surface area contributed by atoms with Crippen LogP contribution in [0.5, 0.6) is 0 Å². The maximum Gasteiger partial charge on any atom is 0.161 e. The number of halogens is 1. The molecule has 0 amide bonds. The van der Waals surface area contributed by atoms with E-state index in [1.54, 1.807) is 0 Å². The third-order valence-electron chi connectivity index (χ3n) is 4.25.